The fraction of sp³-hybridized carbons (Fsp3) is 0.190. The van der Waals surface area contributed by atoms with Gasteiger partial charge in [0.05, 0.1) is 16.3 Å². The lowest BCUT2D eigenvalue weighted by Gasteiger charge is -2.04. The number of nitrogens with zero attached hydrogens (tertiary/aromatic N) is 3. The maximum absolute atomic E-state index is 12.6. The van der Waals surface area contributed by atoms with Gasteiger partial charge in [-0.3, -0.25) is 14.8 Å². The Hall–Kier alpha value is -2.97. The first-order chi connectivity index (χ1) is 14.0. The summed E-state index contributed by atoms with van der Waals surface area (Å²) in [6.45, 7) is 4.41. The summed E-state index contributed by atoms with van der Waals surface area (Å²) in [6.07, 6.45) is 1.93. The molecule has 1 N–H and O–H groups in total. The van der Waals surface area contributed by atoms with Gasteiger partial charge in [0.1, 0.15) is 12.4 Å². The molecule has 0 fully saturated rings. The molecule has 3 aromatic heterocycles. The molecule has 0 radical (unpaired) electrons. The number of aromatic nitrogens is 3. The van der Waals surface area contributed by atoms with Crippen LogP contribution in [0.5, 0.6) is 5.75 Å². The van der Waals surface area contributed by atoms with Gasteiger partial charge in [-0.1, -0.05) is 17.7 Å². The van der Waals surface area contributed by atoms with Crippen LogP contribution in [0.15, 0.2) is 47.3 Å². The molecule has 0 unspecified atom stereocenters. The molecule has 1 aromatic carbocycles. The van der Waals surface area contributed by atoms with Crippen LogP contribution in [0.4, 0.5) is 5.13 Å². The molecule has 148 valence electrons. The third kappa shape index (κ3) is 4.55. The first-order valence-electron chi connectivity index (χ1n) is 9.02. The highest BCUT2D eigenvalue weighted by atomic mass is 32.1. The number of hydrogen-bond donors (Lipinski definition) is 1. The predicted molar refractivity (Wildman–Crippen MR) is 117 cm³/mol. The summed E-state index contributed by atoms with van der Waals surface area (Å²) in [6, 6.07) is 9.76. The van der Waals surface area contributed by atoms with Gasteiger partial charge in [0.15, 0.2) is 5.13 Å². The number of carbonyl (C=O) groups is 1. The second-order valence-corrected chi connectivity index (χ2v) is 8.48. The van der Waals surface area contributed by atoms with Gasteiger partial charge in [-0.15, -0.1) is 22.7 Å². The first-order valence-corrected chi connectivity index (χ1v) is 10.8. The topological polar surface area (TPSA) is 69.0 Å². The number of anilines is 1. The van der Waals surface area contributed by atoms with E-state index in [9.17, 15) is 4.79 Å². The fourth-order valence-corrected chi connectivity index (χ4v) is 4.33. The van der Waals surface area contributed by atoms with Gasteiger partial charge >= 0.3 is 0 Å². The van der Waals surface area contributed by atoms with Crippen LogP contribution in [0.25, 0.3) is 11.3 Å². The van der Waals surface area contributed by atoms with Gasteiger partial charge in [0, 0.05) is 29.8 Å². The summed E-state index contributed by atoms with van der Waals surface area (Å²) >= 11 is 2.80. The number of ether oxygens (including phenoxy) is 1. The van der Waals surface area contributed by atoms with E-state index in [0.717, 1.165) is 28.3 Å². The van der Waals surface area contributed by atoms with E-state index in [0.29, 0.717) is 16.6 Å². The van der Waals surface area contributed by atoms with Gasteiger partial charge in [0.2, 0.25) is 0 Å². The number of thiazole rings is 1. The van der Waals surface area contributed by atoms with Crippen LogP contribution in [-0.4, -0.2) is 20.7 Å². The second-order valence-electron chi connectivity index (χ2n) is 6.71. The maximum Gasteiger partial charge on any atom is 0.267 e. The van der Waals surface area contributed by atoms with E-state index in [1.54, 1.807) is 4.68 Å². The molecule has 0 atom stereocenters. The summed E-state index contributed by atoms with van der Waals surface area (Å²) in [4.78, 5) is 17.7. The van der Waals surface area contributed by atoms with Crippen molar-refractivity contribution in [1.82, 2.24) is 14.8 Å². The quantitative estimate of drug-likeness (QED) is 0.470. The molecule has 29 heavy (non-hydrogen) atoms. The number of nitrogens with one attached hydrogen (secondary N) is 1. The molecule has 0 aliphatic heterocycles. The molecule has 0 saturated heterocycles. The molecular formula is C21H20N4O2S2. The van der Waals surface area contributed by atoms with Crippen molar-refractivity contribution in [2.75, 3.05) is 5.32 Å². The Balaban J connectivity index is 1.38. The number of thiophene rings is 1. The Morgan fingerprint density at radius 2 is 1.97 bits per heavy atom. The minimum atomic E-state index is -0.166. The van der Waals surface area contributed by atoms with Gasteiger partial charge in [-0.25, -0.2) is 4.98 Å². The summed E-state index contributed by atoms with van der Waals surface area (Å²) in [5, 5.41) is 11.6. The van der Waals surface area contributed by atoms with Gasteiger partial charge in [0.25, 0.3) is 5.91 Å². The van der Waals surface area contributed by atoms with Crippen LogP contribution in [0, 0.1) is 13.8 Å². The summed E-state index contributed by atoms with van der Waals surface area (Å²) < 4.78 is 7.54. The fourth-order valence-electron chi connectivity index (χ4n) is 2.84. The number of aryl methyl sites for hydroxylation is 3. The van der Waals surface area contributed by atoms with Crippen LogP contribution in [0.2, 0.25) is 0 Å². The molecular weight excluding hydrogens is 404 g/mol. The van der Waals surface area contributed by atoms with Crippen molar-refractivity contribution in [3.8, 4) is 17.0 Å². The molecule has 8 heteroatoms. The maximum atomic E-state index is 12.6. The standard InChI is InChI=1S/C21H20N4O2S2/c1-13-4-6-16(7-5-13)27-10-15-8-19(28-11-15)20(26)23-21-22-18(12-29-21)17-9-25(3)24-14(17)2/h4-9,11-12H,10H2,1-3H3,(H,22,23,26). The Kier molecular flexibility index (Phi) is 5.46. The van der Waals surface area contributed by atoms with Crippen molar-refractivity contribution in [1.29, 1.82) is 0 Å². The Bertz CT molecular complexity index is 1140. The summed E-state index contributed by atoms with van der Waals surface area (Å²) in [5.41, 5.74) is 4.85. The van der Waals surface area contributed by atoms with Crippen LogP contribution in [0.1, 0.15) is 26.5 Å². The average molecular weight is 425 g/mol. The highest BCUT2D eigenvalue weighted by molar-refractivity contribution is 7.14. The van der Waals surface area contributed by atoms with Crippen LogP contribution in [-0.2, 0) is 13.7 Å². The molecule has 3 heterocycles. The van der Waals surface area contributed by atoms with E-state index in [2.05, 4.69) is 15.4 Å². The van der Waals surface area contributed by atoms with Gasteiger partial charge < -0.3 is 4.74 Å². The van der Waals surface area contributed by atoms with Crippen LogP contribution in [0.3, 0.4) is 0 Å². The van der Waals surface area contributed by atoms with Gasteiger partial charge in [-0.05, 0) is 37.4 Å². The normalized spacial score (nSPS) is 10.9. The highest BCUT2D eigenvalue weighted by Crippen LogP contribution is 2.27. The minimum Gasteiger partial charge on any atom is -0.489 e. The number of hydrogen-bond acceptors (Lipinski definition) is 6. The molecule has 4 rings (SSSR count). The zero-order valence-corrected chi connectivity index (χ0v) is 17.9. The monoisotopic (exact) mass is 424 g/mol. The largest absolute Gasteiger partial charge is 0.489 e. The SMILES string of the molecule is Cc1ccc(OCc2csc(C(=O)Nc3nc(-c4cn(C)nc4C)cs3)c2)cc1. The zero-order chi connectivity index (χ0) is 20.4. The van der Waals surface area contributed by atoms with E-state index in [1.165, 1.54) is 28.2 Å². The molecule has 4 aromatic rings. The van der Waals surface area contributed by atoms with E-state index >= 15 is 0 Å². The van der Waals surface area contributed by atoms with E-state index in [-0.39, 0.29) is 5.91 Å². The summed E-state index contributed by atoms with van der Waals surface area (Å²) in [5.74, 6) is 0.647. The highest BCUT2D eigenvalue weighted by Gasteiger charge is 2.14. The van der Waals surface area contributed by atoms with E-state index in [4.69, 9.17) is 4.74 Å². The third-order valence-corrected chi connectivity index (χ3v) is 6.05. The van der Waals surface area contributed by atoms with Crippen LogP contribution < -0.4 is 10.1 Å². The number of amides is 1. The Morgan fingerprint density at radius 3 is 2.69 bits per heavy atom. The van der Waals surface area contributed by atoms with Crippen molar-refractivity contribution < 1.29 is 9.53 Å². The molecule has 0 aliphatic carbocycles. The van der Waals surface area contributed by atoms with Crippen molar-refractivity contribution in [3.63, 3.8) is 0 Å². The third-order valence-electron chi connectivity index (χ3n) is 4.32. The zero-order valence-electron chi connectivity index (χ0n) is 16.3. The second kappa shape index (κ2) is 8.18. The van der Waals surface area contributed by atoms with E-state index in [1.807, 2.05) is 68.2 Å². The lowest BCUT2D eigenvalue weighted by Crippen LogP contribution is -2.09. The number of benzene rings is 1. The predicted octanol–water partition coefficient (Wildman–Crippen LogP) is 5.05. The number of carbonyl (C=O) groups excluding carboxylic acids is 1. The van der Waals surface area contributed by atoms with Crippen LogP contribution >= 0.6 is 22.7 Å². The van der Waals surface area contributed by atoms with Crippen molar-refractivity contribution in [2.45, 2.75) is 20.5 Å². The first kappa shape index (κ1) is 19.4. The Labute approximate surface area is 176 Å². The van der Waals surface area contributed by atoms with Crippen molar-refractivity contribution in [3.05, 3.63) is 69.0 Å². The molecule has 6 nitrogen and oxygen atoms in total. The van der Waals surface area contributed by atoms with E-state index < -0.39 is 0 Å². The molecule has 0 spiro atoms. The minimum absolute atomic E-state index is 0.166. The van der Waals surface area contributed by atoms with Crippen molar-refractivity contribution >= 4 is 33.7 Å². The van der Waals surface area contributed by atoms with Crippen molar-refractivity contribution in [2.24, 2.45) is 7.05 Å². The smallest absolute Gasteiger partial charge is 0.267 e. The Morgan fingerprint density at radius 1 is 1.17 bits per heavy atom. The summed E-state index contributed by atoms with van der Waals surface area (Å²) in [7, 11) is 1.88. The lowest BCUT2D eigenvalue weighted by molar-refractivity contribution is 0.103. The number of rotatable bonds is 6. The molecule has 0 saturated carbocycles. The average Bonchev–Trinajstić information content (AvgIpc) is 3.41. The lowest BCUT2D eigenvalue weighted by atomic mass is 10.2. The molecule has 1 amide bonds. The molecule has 0 aliphatic rings. The molecule has 0 bridgehead atoms. The van der Waals surface area contributed by atoms with Gasteiger partial charge in [-0.2, -0.15) is 5.10 Å².